The molecule has 152 valence electrons. The summed E-state index contributed by atoms with van der Waals surface area (Å²) in [7, 11) is 0. The van der Waals surface area contributed by atoms with Gasteiger partial charge >= 0.3 is 0 Å². The van der Waals surface area contributed by atoms with E-state index in [1.165, 1.54) is 21.8 Å². The van der Waals surface area contributed by atoms with Crippen molar-refractivity contribution in [1.29, 1.82) is 0 Å². The van der Waals surface area contributed by atoms with Crippen LogP contribution in [0.25, 0.3) is 49.9 Å². The molecule has 0 fully saturated rings. The van der Waals surface area contributed by atoms with E-state index in [-0.39, 0.29) is 5.28 Å². The van der Waals surface area contributed by atoms with Gasteiger partial charge < -0.3 is 4.57 Å². The Labute approximate surface area is 190 Å². The van der Waals surface area contributed by atoms with E-state index in [0.29, 0.717) is 0 Å². The van der Waals surface area contributed by atoms with E-state index in [4.69, 9.17) is 11.6 Å². The van der Waals surface area contributed by atoms with E-state index in [1.54, 1.807) is 6.20 Å². The van der Waals surface area contributed by atoms with Crippen molar-refractivity contribution in [3.63, 3.8) is 0 Å². The van der Waals surface area contributed by atoms with Crippen molar-refractivity contribution in [3.05, 3.63) is 115 Å². The fraction of sp³-hybridized carbons (Fsp3) is 0. The summed E-state index contributed by atoms with van der Waals surface area (Å²) in [6.45, 7) is 0. The number of aromatic nitrogens is 3. The van der Waals surface area contributed by atoms with Gasteiger partial charge in [-0.15, -0.1) is 0 Å². The number of fused-ring (bicyclic) bond motifs is 3. The smallest absolute Gasteiger partial charge is 0.222 e. The first kappa shape index (κ1) is 18.8. The molecule has 32 heavy (non-hydrogen) atoms. The van der Waals surface area contributed by atoms with E-state index in [1.807, 2.05) is 18.2 Å². The van der Waals surface area contributed by atoms with E-state index >= 15 is 0 Å². The zero-order valence-corrected chi connectivity index (χ0v) is 17.9. The molecule has 0 aliphatic heterocycles. The summed E-state index contributed by atoms with van der Waals surface area (Å²) in [6.07, 6.45) is 1.68. The van der Waals surface area contributed by atoms with Crippen LogP contribution in [0.15, 0.2) is 109 Å². The maximum atomic E-state index is 6.00. The zero-order chi connectivity index (χ0) is 21.5. The molecule has 4 heteroatoms. The molecule has 0 spiro atoms. The lowest BCUT2D eigenvalue weighted by atomic mass is 10.00. The molecular weight excluding hydrogens is 414 g/mol. The first-order valence-corrected chi connectivity index (χ1v) is 10.8. The van der Waals surface area contributed by atoms with Gasteiger partial charge in [0, 0.05) is 28.2 Å². The third kappa shape index (κ3) is 3.15. The zero-order valence-electron chi connectivity index (χ0n) is 17.1. The predicted molar refractivity (Wildman–Crippen MR) is 132 cm³/mol. The molecule has 0 radical (unpaired) electrons. The molecule has 0 N–H and O–H groups in total. The van der Waals surface area contributed by atoms with Gasteiger partial charge in [-0.2, -0.15) is 0 Å². The van der Waals surface area contributed by atoms with Crippen LogP contribution in [0.1, 0.15) is 0 Å². The molecule has 0 aliphatic rings. The Hall–Kier alpha value is -3.95. The van der Waals surface area contributed by atoms with Crippen LogP contribution in [0.2, 0.25) is 5.28 Å². The van der Waals surface area contributed by atoms with Crippen LogP contribution in [-0.4, -0.2) is 14.5 Å². The molecule has 2 heterocycles. The fourth-order valence-electron chi connectivity index (χ4n) is 4.36. The van der Waals surface area contributed by atoms with Crippen molar-refractivity contribution in [2.75, 3.05) is 0 Å². The summed E-state index contributed by atoms with van der Waals surface area (Å²) in [4.78, 5) is 8.35. The van der Waals surface area contributed by atoms with Gasteiger partial charge in [0.25, 0.3) is 0 Å². The summed E-state index contributed by atoms with van der Waals surface area (Å²) < 4.78 is 2.33. The van der Waals surface area contributed by atoms with E-state index in [0.717, 1.165) is 28.1 Å². The Morgan fingerprint density at radius 2 is 1.34 bits per heavy atom. The van der Waals surface area contributed by atoms with Crippen molar-refractivity contribution < 1.29 is 0 Å². The van der Waals surface area contributed by atoms with Crippen molar-refractivity contribution in [3.8, 4) is 28.1 Å². The van der Waals surface area contributed by atoms with Crippen LogP contribution >= 0.6 is 11.6 Å². The predicted octanol–water partition coefficient (Wildman–Crippen LogP) is 7.56. The largest absolute Gasteiger partial charge is 0.309 e. The van der Waals surface area contributed by atoms with E-state index < -0.39 is 0 Å². The number of halogens is 1. The molecular formula is C28H18ClN3. The molecule has 0 amide bonds. The Kier molecular flexibility index (Phi) is 4.48. The van der Waals surface area contributed by atoms with Gasteiger partial charge in [-0.25, -0.2) is 9.97 Å². The molecule has 2 aromatic heterocycles. The molecule has 3 nitrogen and oxygen atoms in total. The highest BCUT2D eigenvalue weighted by molar-refractivity contribution is 6.28. The maximum Gasteiger partial charge on any atom is 0.222 e. The quantitative estimate of drug-likeness (QED) is 0.270. The first-order valence-electron chi connectivity index (χ1n) is 10.5. The molecule has 0 saturated carbocycles. The molecule has 0 bridgehead atoms. The van der Waals surface area contributed by atoms with Crippen molar-refractivity contribution in [2.24, 2.45) is 0 Å². The highest BCUT2D eigenvalue weighted by Gasteiger charge is 2.13. The summed E-state index contributed by atoms with van der Waals surface area (Å²) >= 11 is 6.00. The van der Waals surface area contributed by atoms with Gasteiger partial charge in [0.2, 0.25) is 5.28 Å². The van der Waals surface area contributed by atoms with Crippen LogP contribution in [0.3, 0.4) is 0 Å². The Morgan fingerprint density at radius 3 is 2.22 bits per heavy atom. The van der Waals surface area contributed by atoms with Gasteiger partial charge in [-0.1, -0.05) is 60.7 Å². The average Bonchev–Trinajstić information content (AvgIpc) is 3.18. The lowest BCUT2D eigenvalue weighted by Gasteiger charge is -2.09. The SMILES string of the molecule is Clc1nccc(-c2cccc(-c3ccc4c(c3)c3ccccc3n4-c3ccccc3)c2)n1. The number of nitrogens with zero attached hydrogens (tertiary/aromatic N) is 3. The number of hydrogen-bond acceptors (Lipinski definition) is 2. The minimum absolute atomic E-state index is 0.253. The van der Waals surface area contributed by atoms with Gasteiger partial charge in [0.15, 0.2) is 0 Å². The molecule has 0 atom stereocenters. The Balaban J connectivity index is 1.54. The standard InChI is InChI=1S/C28H18ClN3/c29-28-30-16-15-25(31-28)21-8-6-7-19(17-21)20-13-14-27-24(18-20)23-11-4-5-12-26(23)32(27)22-9-2-1-3-10-22/h1-18H. The lowest BCUT2D eigenvalue weighted by molar-refractivity contribution is 1.17. The summed E-state index contributed by atoms with van der Waals surface area (Å²) in [5.41, 5.74) is 7.68. The Morgan fingerprint density at radius 1 is 0.594 bits per heavy atom. The summed E-state index contributed by atoms with van der Waals surface area (Å²) in [6, 6.07) is 36.0. The number of hydrogen-bond donors (Lipinski definition) is 0. The van der Waals surface area contributed by atoms with Crippen LogP contribution in [-0.2, 0) is 0 Å². The van der Waals surface area contributed by atoms with Gasteiger partial charge in [-0.3, -0.25) is 0 Å². The van der Waals surface area contributed by atoms with Crippen molar-refractivity contribution >= 4 is 33.4 Å². The molecule has 6 aromatic rings. The molecule has 0 aliphatic carbocycles. The number of para-hydroxylation sites is 2. The second-order valence-corrected chi connectivity index (χ2v) is 8.05. The molecule has 0 unspecified atom stereocenters. The minimum atomic E-state index is 0.253. The molecule has 4 aromatic carbocycles. The highest BCUT2D eigenvalue weighted by atomic mass is 35.5. The molecule has 0 saturated heterocycles. The maximum absolute atomic E-state index is 6.00. The van der Waals surface area contributed by atoms with Crippen molar-refractivity contribution in [2.45, 2.75) is 0 Å². The third-order valence-corrected chi connectivity index (χ3v) is 5.99. The van der Waals surface area contributed by atoms with Gasteiger partial charge in [0.05, 0.1) is 16.7 Å². The minimum Gasteiger partial charge on any atom is -0.309 e. The lowest BCUT2D eigenvalue weighted by Crippen LogP contribution is -1.92. The third-order valence-electron chi connectivity index (χ3n) is 5.80. The number of rotatable bonds is 3. The topological polar surface area (TPSA) is 30.7 Å². The highest BCUT2D eigenvalue weighted by Crippen LogP contribution is 2.35. The van der Waals surface area contributed by atoms with Crippen molar-refractivity contribution in [1.82, 2.24) is 14.5 Å². The van der Waals surface area contributed by atoms with Gasteiger partial charge in [-0.05, 0) is 65.2 Å². The average molecular weight is 432 g/mol. The molecule has 6 rings (SSSR count). The normalized spacial score (nSPS) is 11.3. The van der Waals surface area contributed by atoms with Gasteiger partial charge in [0.1, 0.15) is 0 Å². The summed E-state index contributed by atoms with van der Waals surface area (Å²) in [5.74, 6) is 0. The van der Waals surface area contributed by atoms with Crippen LogP contribution in [0.5, 0.6) is 0 Å². The van der Waals surface area contributed by atoms with Crippen LogP contribution < -0.4 is 0 Å². The fourth-order valence-corrected chi connectivity index (χ4v) is 4.51. The van der Waals surface area contributed by atoms with E-state index in [2.05, 4.69) is 99.5 Å². The van der Waals surface area contributed by atoms with E-state index in [9.17, 15) is 0 Å². The number of benzene rings is 4. The van der Waals surface area contributed by atoms with Crippen LogP contribution in [0, 0.1) is 0 Å². The summed E-state index contributed by atoms with van der Waals surface area (Å²) in [5, 5.41) is 2.73. The Bertz CT molecular complexity index is 1590. The monoisotopic (exact) mass is 431 g/mol. The second-order valence-electron chi connectivity index (χ2n) is 7.71. The van der Waals surface area contributed by atoms with Crippen LogP contribution in [0.4, 0.5) is 0 Å². The first-order chi connectivity index (χ1) is 15.8. The second kappa shape index (κ2) is 7.63.